The summed E-state index contributed by atoms with van der Waals surface area (Å²) in [5, 5.41) is 7.63. The minimum absolute atomic E-state index is 0.122. The van der Waals surface area contributed by atoms with Crippen LogP contribution in [0.5, 0.6) is 0 Å². The molecule has 0 aliphatic heterocycles. The summed E-state index contributed by atoms with van der Waals surface area (Å²) in [4.78, 5) is 13.6. The van der Waals surface area contributed by atoms with E-state index in [4.69, 9.17) is 0 Å². The molecule has 0 aliphatic rings. The quantitative estimate of drug-likeness (QED) is 0.827. The highest BCUT2D eigenvalue weighted by atomic mass is 16.2. The van der Waals surface area contributed by atoms with Gasteiger partial charge in [-0.3, -0.25) is 9.48 Å². The molecule has 1 atom stereocenters. The molecule has 1 unspecified atom stereocenters. The number of amides is 1. The molecule has 1 heterocycles. The van der Waals surface area contributed by atoms with E-state index in [-0.39, 0.29) is 11.9 Å². The van der Waals surface area contributed by atoms with Crippen LogP contribution >= 0.6 is 0 Å². The predicted octanol–water partition coefficient (Wildman–Crippen LogP) is 1.17. The van der Waals surface area contributed by atoms with Gasteiger partial charge in [-0.1, -0.05) is 0 Å². The lowest BCUT2D eigenvalue weighted by atomic mass is 10.2. The van der Waals surface area contributed by atoms with E-state index in [9.17, 15) is 4.79 Å². The molecule has 0 spiro atoms. The number of hydrogen-bond donors (Lipinski definition) is 1. The van der Waals surface area contributed by atoms with Crippen molar-refractivity contribution in [3.05, 3.63) is 17.5 Å². The van der Waals surface area contributed by atoms with E-state index in [1.54, 1.807) is 4.90 Å². The molecular weight excluding hydrogens is 228 g/mol. The van der Waals surface area contributed by atoms with Gasteiger partial charge in [-0.25, -0.2) is 0 Å². The molecule has 1 rings (SSSR count). The van der Waals surface area contributed by atoms with Crippen LogP contribution in [0.3, 0.4) is 0 Å². The fraction of sp³-hybridized carbons (Fsp3) is 0.692. The van der Waals surface area contributed by atoms with Crippen molar-refractivity contribution >= 4 is 5.91 Å². The Labute approximate surface area is 109 Å². The predicted molar refractivity (Wildman–Crippen MR) is 72.3 cm³/mol. The molecule has 0 aromatic carbocycles. The van der Waals surface area contributed by atoms with E-state index >= 15 is 0 Å². The Balaban J connectivity index is 2.56. The van der Waals surface area contributed by atoms with Crippen LogP contribution < -0.4 is 5.32 Å². The lowest BCUT2D eigenvalue weighted by Crippen LogP contribution is -2.42. The largest absolute Gasteiger partial charge is 0.345 e. The molecule has 0 radical (unpaired) electrons. The average molecular weight is 252 g/mol. The number of aromatic nitrogens is 2. The van der Waals surface area contributed by atoms with Crippen LogP contribution in [-0.4, -0.2) is 40.2 Å². The highest BCUT2D eigenvalue weighted by Gasteiger charge is 2.16. The van der Waals surface area contributed by atoms with Gasteiger partial charge >= 0.3 is 0 Å². The van der Waals surface area contributed by atoms with Crippen molar-refractivity contribution in [2.75, 3.05) is 13.6 Å². The summed E-state index contributed by atoms with van der Waals surface area (Å²) < 4.78 is 1.96. The molecule has 1 amide bonds. The summed E-state index contributed by atoms with van der Waals surface area (Å²) in [5.74, 6) is 0.122. The van der Waals surface area contributed by atoms with Crippen molar-refractivity contribution in [2.24, 2.45) is 0 Å². The van der Waals surface area contributed by atoms with E-state index in [1.807, 2.05) is 32.5 Å². The van der Waals surface area contributed by atoms with Gasteiger partial charge in [0.1, 0.15) is 0 Å². The van der Waals surface area contributed by atoms with Gasteiger partial charge in [-0.05, 0) is 33.8 Å². The molecule has 0 bridgehead atoms. The number of rotatable bonds is 6. The van der Waals surface area contributed by atoms with Gasteiger partial charge in [0.15, 0.2) is 0 Å². The number of nitrogens with one attached hydrogen (secondary N) is 1. The maximum Gasteiger partial charge on any atom is 0.239 e. The second kappa shape index (κ2) is 6.54. The first-order chi connectivity index (χ1) is 8.49. The molecule has 0 fully saturated rings. The van der Waals surface area contributed by atoms with E-state index in [1.165, 1.54) is 0 Å². The molecule has 0 saturated carbocycles. The SMILES string of the molecule is CCN(C)C(=O)C(C)NCc1cc(C)nn1CC. The van der Waals surface area contributed by atoms with Crippen LogP contribution in [0.2, 0.25) is 0 Å². The fourth-order valence-electron chi connectivity index (χ4n) is 1.85. The molecule has 18 heavy (non-hydrogen) atoms. The summed E-state index contributed by atoms with van der Waals surface area (Å²) >= 11 is 0. The Hall–Kier alpha value is -1.36. The van der Waals surface area contributed by atoms with Gasteiger partial charge in [0.05, 0.1) is 17.4 Å². The van der Waals surface area contributed by atoms with E-state index in [0.29, 0.717) is 6.54 Å². The van der Waals surface area contributed by atoms with Gasteiger partial charge in [-0.15, -0.1) is 0 Å². The monoisotopic (exact) mass is 252 g/mol. The molecule has 0 aliphatic carbocycles. The van der Waals surface area contributed by atoms with Crippen molar-refractivity contribution in [1.29, 1.82) is 0 Å². The molecule has 5 heteroatoms. The Morgan fingerprint density at radius 2 is 2.22 bits per heavy atom. The lowest BCUT2D eigenvalue weighted by molar-refractivity contribution is -0.131. The maximum atomic E-state index is 11.9. The lowest BCUT2D eigenvalue weighted by Gasteiger charge is -2.20. The standard InChI is InChI=1S/C13H24N4O/c1-6-16(5)13(18)11(4)14-9-12-8-10(3)15-17(12)7-2/h8,11,14H,6-7,9H2,1-5H3. The van der Waals surface area contributed by atoms with Gasteiger partial charge in [0, 0.05) is 26.7 Å². The number of nitrogens with zero attached hydrogens (tertiary/aromatic N) is 3. The highest BCUT2D eigenvalue weighted by molar-refractivity contribution is 5.81. The first kappa shape index (κ1) is 14.7. The first-order valence-electron chi connectivity index (χ1n) is 6.51. The Morgan fingerprint density at radius 3 is 2.78 bits per heavy atom. The third-order valence-corrected chi connectivity index (χ3v) is 3.10. The summed E-state index contributed by atoms with van der Waals surface area (Å²) in [6.07, 6.45) is 0. The van der Waals surface area contributed by atoms with Gasteiger partial charge < -0.3 is 10.2 Å². The third-order valence-electron chi connectivity index (χ3n) is 3.10. The third kappa shape index (κ3) is 3.57. The van der Waals surface area contributed by atoms with Crippen LogP contribution in [0.25, 0.3) is 0 Å². The summed E-state index contributed by atoms with van der Waals surface area (Å²) in [7, 11) is 1.82. The number of carbonyl (C=O) groups excluding carboxylic acids is 1. The van der Waals surface area contributed by atoms with Gasteiger partial charge in [0.25, 0.3) is 0 Å². The normalized spacial score (nSPS) is 12.5. The average Bonchev–Trinajstić information content (AvgIpc) is 2.74. The maximum absolute atomic E-state index is 11.9. The van der Waals surface area contributed by atoms with Gasteiger partial charge in [0.2, 0.25) is 5.91 Å². The van der Waals surface area contributed by atoms with Crippen molar-refractivity contribution in [1.82, 2.24) is 20.0 Å². The van der Waals surface area contributed by atoms with E-state index < -0.39 is 0 Å². The summed E-state index contributed by atoms with van der Waals surface area (Å²) in [5.41, 5.74) is 2.13. The van der Waals surface area contributed by atoms with E-state index in [0.717, 1.165) is 24.5 Å². The minimum atomic E-state index is -0.171. The molecule has 5 nitrogen and oxygen atoms in total. The van der Waals surface area contributed by atoms with Crippen LogP contribution in [0.15, 0.2) is 6.07 Å². The minimum Gasteiger partial charge on any atom is -0.345 e. The van der Waals surface area contributed by atoms with Crippen LogP contribution in [0.4, 0.5) is 0 Å². The molecule has 1 aromatic rings. The Bertz CT molecular complexity index is 400. The Kier molecular flexibility index (Phi) is 5.34. The second-order valence-electron chi connectivity index (χ2n) is 4.55. The molecule has 1 N–H and O–H groups in total. The topological polar surface area (TPSA) is 50.2 Å². The summed E-state index contributed by atoms with van der Waals surface area (Å²) in [6.45, 7) is 10.2. The molecule has 102 valence electrons. The van der Waals surface area contributed by atoms with Gasteiger partial charge in [-0.2, -0.15) is 5.10 Å². The highest BCUT2D eigenvalue weighted by Crippen LogP contribution is 2.04. The summed E-state index contributed by atoms with van der Waals surface area (Å²) in [6, 6.07) is 1.88. The van der Waals surface area contributed by atoms with Crippen molar-refractivity contribution in [3.8, 4) is 0 Å². The zero-order chi connectivity index (χ0) is 13.7. The van der Waals surface area contributed by atoms with Crippen LogP contribution in [0.1, 0.15) is 32.2 Å². The molecule has 0 saturated heterocycles. The van der Waals surface area contributed by atoms with Crippen molar-refractivity contribution in [2.45, 2.75) is 46.8 Å². The fourth-order valence-corrected chi connectivity index (χ4v) is 1.85. The molecule has 1 aromatic heterocycles. The van der Waals surface area contributed by atoms with Crippen LogP contribution in [0, 0.1) is 6.92 Å². The first-order valence-corrected chi connectivity index (χ1v) is 6.51. The zero-order valence-electron chi connectivity index (χ0n) is 12.0. The van der Waals surface area contributed by atoms with E-state index in [2.05, 4.69) is 23.4 Å². The number of hydrogen-bond acceptors (Lipinski definition) is 3. The second-order valence-corrected chi connectivity index (χ2v) is 4.55. The smallest absolute Gasteiger partial charge is 0.239 e. The number of likely N-dealkylation sites (N-methyl/N-ethyl adjacent to an activating group) is 1. The Morgan fingerprint density at radius 1 is 1.56 bits per heavy atom. The zero-order valence-corrected chi connectivity index (χ0v) is 12.0. The number of carbonyl (C=O) groups is 1. The van der Waals surface area contributed by atoms with Crippen LogP contribution in [-0.2, 0) is 17.9 Å². The van der Waals surface area contributed by atoms with Crippen molar-refractivity contribution < 1.29 is 4.79 Å². The molecular formula is C13H24N4O. The van der Waals surface area contributed by atoms with Crippen molar-refractivity contribution in [3.63, 3.8) is 0 Å². The number of aryl methyl sites for hydroxylation is 2.